The van der Waals surface area contributed by atoms with E-state index in [-0.39, 0.29) is 11.4 Å². The summed E-state index contributed by atoms with van der Waals surface area (Å²) >= 11 is 1.29. The lowest BCUT2D eigenvalue weighted by Gasteiger charge is -2.05. The molecule has 0 saturated carbocycles. The van der Waals surface area contributed by atoms with Gasteiger partial charge in [0, 0.05) is 16.6 Å². The summed E-state index contributed by atoms with van der Waals surface area (Å²) in [4.78, 5) is 18.7. The molecule has 17 heavy (non-hydrogen) atoms. The molecule has 1 aromatic heterocycles. The fraction of sp³-hybridized carbons (Fsp3) is 0.0909. The van der Waals surface area contributed by atoms with Gasteiger partial charge in [-0.15, -0.1) is 0 Å². The molecule has 2 rings (SSSR count). The summed E-state index contributed by atoms with van der Waals surface area (Å²) in [5.41, 5.74) is 12.8. The van der Waals surface area contributed by atoms with Gasteiger partial charge in [0.15, 0.2) is 5.16 Å². The molecular formula is C11H12N4OS. The van der Waals surface area contributed by atoms with E-state index < -0.39 is 0 Å². The number of nitrogens with two attached hydrogens (primary N) is 2. The first-order valence-corrected chi connectivity index (χ1v) is 5.77. The summed E-state index contributed by atoms with van der Waals surface area (Å²) in [5.74, 6) is 0.197. The molecule has 6 heteroatoms. The second-order valence-corrected chi connectivity index (χ2v) is 4.65. The molecular weight excluding hydrogens is 236 g/mol. The normalized spacial score (nSPS) is 10.4. The fourth-order valence-corrected chi connectivity index (χ4v) is 2.28. The highest BCUT2D eigenvalue weighted by Crippen LogP contribution is 2.30. The van der Waals surface area contributed by atoms with Crippen LogP contribution in [0.1, 0.15) is 5.56 Å². The molecule has 0 radical (unpaired) electrons. The number of hydrogen-bond donors (Lipinski definition) is 3. The smallest absolute Gasteiger partial charge is 0.253 e. The van der Waals surface area contributed by atoms with Crippen LogP contribution in [0.3, 0.4) is 0 Å². The van der Waals surface area contributed by atoms with Crippen LogP contribution in [0.15, 0.2) is 39.1 Å². The van der Waals surface area contributed by atoms with Gasteiger partial charge in [0.05, 0.1) is 0 Å². The van der Waals surface area contributed by atoms with E-state index in [0.717, 1.165) is 10.5 Å². The van der Waals surface area contributed by atoms with Crippen LogP contribution in [0.5, 0.6) is 0 Å². The Bertz CT molecular complexity index is 609. The van der Waals surface area contributed by atoms with Crippen LogP contribution < -0.4 is 17.0 Å². The number of nitrogens with one attached hydrogen (secondary N) is 1. The predicted molar refractivity (Wildman–Crippen MR) is 69.0 cm³/mol. The number of nitrogen functional groups attached to an aromatic ring is 2. The third kappa shape index (κ3) is 2.79. The van der Waals surface area contributed by atoms with E-state index in [4.69, 9.17) is 11.5 Å². The van der Waals surface area contributed by atoms with Gasteiger partial charge < -0.3 is 16.5 Å². The minimum Gasteiger partial charge on any atom is -0.398 e. The highest BCUT2D eigenvalue weighted by atomic mass is 32.2. The van der Waals surface area contributed by atoms with Gasteiger partial charge in [-0.1, -0.05) is 6.07 Å². The second-order valence-electron chi connectivity index (χ2n) is 3.62. The molecule has 2 aromatic rings. The molecule has 0 saturated heterocycles. The Morgan fingerprint density at radius 2 is 2.06 bits per heavy atom. The zero-order valence-corrected chi connectivity index (χ0v) is 10.0. The van der Waals surface area contributed by atoms with Gasteiger partial charge in [-0.2, -0.15) is 0 Å². The maximum atomic E-state index is 11.2. The van der Waals surface area contributed by atoms with Crippen LogP contribution in [0.25, 0.3) is 0 Å². The van der Waals surface area contributed by atoms with Crippen molar-refractivity contribution in [2.24, 2.45) is 0 Å². The van der Waals surface area contributed by atoms with Gasteiger partial charge in [-0.25, -0.2) is 4.98 Å². The van der Waals surface area contributed by atoms with Crippen LogP contribution >= 0.6 is 11.8 Å². The van der Waals surface area contributed by atoms with E-state index in [1.165, 1.54) is 17.8 Å². The Labute approximate surface area is 102 Å². The summed E-state index contributed by atoms with van der Waals surface area (Å²) in [5, 5.41) is 0.437. The largest absolute Gasteiger partial charge is 0.398 e. The number of aryl methyl sites for hydroxylation is 1. The molecule has 1 aromatic carbocycles. The molecule has 0 aliphatic rings. The standard InChI is InChI=1S/C11H12N4OS/c1-6-2-3-7(12)8(4-6)17-11-14-9(13)5-10(16)15-11/h2-5H,12H2,1H3,(H3,13,14,15,16). The van der Waals surface area contributed by atoms with Crippen molar-refractivity contribution in [1.29, 1.82) is 0 Å². The van der Waals surface area contributed by atoms with E-state index >= 15 is 0 Å². The van der Waals surface area contributed by atoms with E-state index in [0.29, 0.717) is 10.8 Å². The second kappa shape index (κ2) is 4.50. The summed E-state index contributed by atoms with van der Waals surface area (Å²) in [6.07, 6.45) is 0. The molecule has 0 unspecified atom stereocenters. The van der Waals surface area contributed by atoms with Gasteiger partial charge in [0.1, 0.15) is 5.82 Å². The molecule has 5 N–H and O–H groups in total. The van der Waals surface area contributed by atoms with Crippen molar-refractivity contribution in [3.8, 4) is 0 Å². The summed E-state index contributed by atoms with van der Waals surface area (Å²) in [7, 11) is 0. The van der Waals surface area contributed by atoms with Crippen molar-refractivity contribution < 1.29 is 0 Å². The lowest BCUT2D eigenvalue weighted by Crippen LogP contribution is -2.09. The van der Waals surface area contributed by atoms with Crippen LogP contribution in [-0.2, 0) is 0 Å². The Morgan fingerprint density at radius 3 is 2.76 bits per heavy atom. The number of aromatic nitrogens is 2. The maximum Gasteiger partial charge on any atom is 0.253 e. The average Bonchev–Trinajstić information content (AvgIpc) is 2.22. The quantitative estimate of drug-likeness (QED) is 0.551. The molecule has 0 bridgehead atoms. The Morgan fingerprint density at radius 1 is 1.29 bits per heavy atom. The number of hydrogen-bond acceptors (Lipinski definition) is 5. The van der Waals surface area contributed by atoms with Crippen LogP contribution in [0, 0.1) is 6.92 Å². The van der Waals surface area contributed by atoms with Crippen molar-refractivity contribution >= 4 is 23.3 Å². The zero-order chi connectivity index (χ0) is 12.4. The summed E-state index contributed by atoms with van der Waals surface area (Å²) in [6.45, 7) is 1.97. The van der Waals surface area contributed by atoms with Crippen molar-refractivity contribution in [1.82, 2.24) is 9.97 Å². The van der Waals surface area contributed by atoms with E-state index in [2.05, 4.69) is 9.97 Å². The maximum absolute atomic E-state index is 11.2. The lowest BCUT2D eigenvalue weighted by atomic mass is 10.2. The third-order valence-electron chi connectivity index (χ3n) is 2.12. The number of benzene rings is 1. The molecule has 0 aliphatic heterocycles. The van der Waals surface area contributed by atoms with Crippen molar-refractivity contribution in [2.75, 3.05) is 11.5 Å². The first-order chi connectivity index (χ1) is 8.04. The van der Waals surface area contributed by atoms with Crippen molar-refractivity contribution in [2.45, 2.75) is 17.0 Å². The number of rotatable bonds is 2. The van der Waals surface area contributed by atoms with Crippen molar-refractivity contribution in [3.05, 3.63) is 40.2 Å². The lowest BCUT2D eigenvalue weighted by molar-refractivity contribution is 0.945. The van der Waals surface area contributed by atoms with Crippen LogP contribution in [0.2, 0.25) is 0 Å². The van der Waals surface area contributed by atoms with Crippen LogP contribution in [0.4, 0.5) is 11.5 Å². The van der Waals surface area contributed by atoms with Gasteiger partial charge in [0.25, 0.3) is 5.56 Å². The average molecular weight is 248 g/mol. The molecule has 0 atom stereocenters. The Kier molecular flexibility index (Phi) is 3.06. The number of aromatic amines is 1. The minimum atomic E-state index is -0.272. The highest BCUT2D eigenvalue weighted by molar-refractivity contribution is 7.99. The number of anilines is 2. The summed E-state index contributed by atoms with van der Waals surface area (Å²) in [6, 6.07) is 6.92. The van der Waals surface area contributed by atoms with Gasteiger partial charge in [0.2, 0.25) is 0 Å². The molecule has 0 fully saturated rings. The monoisotopic (exact) mass is 248 g/mol. The Balaban J connectivity index is 2.37. The predicted octanol–water partition coefficient (Wildman–Crippen LogP) is 1.39. The van der Waals surface area contributed by atoms with Crippen LogP contribution in [-0.4, -0.2) is 9.97 Å². The van der Waals surface area contributed by atoms with Gasteiger partial charge in [-0.3, -0.25) is 4.79 Å². The molecule has 5 nitrogen and oxygen atoms in total. The molecule has 0 spiro atoms. The summed E-state index contributed by atoms with van der Waals surface area (Å²) < 4.78 is 0. The third-order valence-corrected chi connectivity index (χ3v) is 3.08. The van der Waals surface area contributed by atoms with Gasteiger partial charge >= 0.3 is 0 Å². The first-order valence-electron chi connectivity index (χ1n) is 4.95. The van der Waals surface area contributed by atoms with E-state index in [1.54, 1.807) is 0 Å². The number of H-pyrrole nitrogens is 1. The van der Waals surface area contributed by atoms with E-state index in [1.807, 2.05) is 25.1 Å². The first kappa shape index (κ1) is 11.5. The molecule has 0 amide bonds. The SMILES string of the molecule is Cc1ccc(N)c(Sc2nc(N)cc(=O)[nH]2)c1. The highest BCUT2D eigenvalue weighted by Gasteiger charge is 2.05. The Hall–Kier alpha value is -1.95. The molecule has 0 aliphatic carbocycles. The zero-order valence-electron chi connectivity index (χ0n) is 9.23. The topological polar surface area (TPSA) is 97.8 Å². The number of nitrogens with zero attached hydrogens (tertiary/aromatic N) is 1. The van der Waals surface area contributed by atoms with Gasteiger partial charge in [-0.05, 0) is 36.4 Å². The molecule has 88 valence electrons. The van der Waals surface area contributed by atoms with E-state index in [9.17, 15) is 4.79 Å². The minimum absolute atomic E-state index is 0.197. The fourth-order valence-electron chi connectivity index (χ4n) is 1.34. The molecule has 1 heterocycles. The van der Waals surface area contributed by atoms with Crippen molar-refractivity contribution in [3.63, 3.8) is 0 Å².